The van der Waals surface area contributed by atoms with Gasteiger partial charge in [0.15, 0.2) is 0 Å². The summed E-state index contributed by atoms with van der Waals surface area (Å²) in [6.45, 7) is 5.36. The molecule has 0 aromatic heterocycles. The summed E-state index contributed by atoms with van der Waals surface area (Å²) in [6, 6.07) is 2.91. The number of fused-ring (bicyclic) bond motifs is 1. The van der Waals surface area contributed by atoms with Gasteiger partial charge in [0.25, 0.3) is 0 Å². The predicted octanol–water partition coefficient (Wildman–Crippen LogP) is 4.27. The zero-order chi connectivity index (χ0) is 19.0. The molecule has 4 nitrogen and oxygen atoms in total. The van der Waals surface area contributed by atoms with Gasteiger partial charge in [0, 0.05) is 22.5 Å². The van der Waals surface area contributed by atoms with Gasteiger partial charge in [0.1, 0.15) is 5.75 Å². The molecule has 1 aromatic rings. The maximum Gasteiger partial charge on any atom is 0.430 e. The smallest absolute Gasteiger partial charge is 0.430 e. The van der Waals surface area contributed by atoms with Crippen LogP contribution in [-0.2, 0) is 14.9 Å². The Morgan fingerprint density at radius 2 is 1.96 bits per heavy atom. The van der Waals surface area contributed by atoms with Crippen LogP contribution in [-0.4, -0.2) is 31.4 Å². The van der Waals surface area contributed by atoms with Crippen molar-refractivity contribution in [3.8, 4) is 5.75 Å². The largest absolute Gasteiger partial charge is 0.475 e. The van der Waals surface area contributed by atoms with Crippen LogP contribution in [0, 0.1) is 0 Å². The lowest BCUT2D eigenvalue weighted by Gasteiger charge is -2.30. The predicted molar refractivity (Wildman–Crippen MR) is 95.9 cm³/mol. The third-order valence-corrected chi connectivity index (χ3v) is 4.30. The Balaban J connectivity index is 0.00000338. The van der Waals surface area contributed by atoms with Crippen molar-refractivity contribution < 1.29 is 27.4 Å². The first-order valence-electron chi connectivity index (χ1n) is 7.67. The van der Waals surface area contributed by atoms with Crippen LogP contribution in [0.15, 0.2) is 17.7 Å². The molecule has 0 saturated heterocycles. The van der Waals surface area contributed by atoms with E-state index >= 15 is 0 Å². The number of hydrogen-bond acceptors (Lipinski definition) is 4. The van der Waals surface area contributed by atoms with Gasteiger partial charge < -0.3 is 15.2 Å². The maximum atomic E-state index is 13.3. The van der Waals surface area contributed by atoms with E-state index in [9.17, 15) is 18.0 Å². The zero-order valence-corrected chi connectivity index (χ0v) is 16.0. The zero-order valence-electron chi connectivity index (χ0n) is 14.4. The minimum Gasteiger partial charge on any atom is -0.475 e. The number of esters is 1. The van der Waals surface area contributed by atoms with E-state index in [0.717, 1.165) is 6.08 Å². The number of halogens is 5. The van der Waals surface area contributed by atoms with Crippen LogP contribution in [0.4, 0.5) is 13.2 Å². The fraction of sp³-hybridized carbons (Fsp3) is 0.471. The van der Waals surface area contributed by atoms with Crippen molar-refractivity contribution >= 4 is 36.1 Å². The monoisotopic (exact) mass is 413 g/mol. The van der Waals surface area contributed by atoms with Crippen molar-refractivity contribution in [3.63, 3.8) is 0 Å². The minimum atomic E-state index is -4.76. The molecule has 0 spiro atoms. The third-order valence-electron chi connectivity index (χ3n) is 3.99. The van der Waals surface area contributed by atoms with Crippen LogP contribution in [0.3, 0.4) is 0 Å². The van der Waals surface area contributed by atoms with Crippen molar-refractivity contribution in [2.75, 3.05) is 13.2 Å². The highest BCUT2D eigenvalue weighted by Crippen LogP contribution is 2.42. The molecule has 1 unspecified atom stereocenters. The standard InChI is InChI=1S/C17H19ClF3NO3.ClH/c1-4-24-15(23)10-5-9-6-12(18)11(16(2,3)8-22)7-13(9)25-14(10)17(19,20)21;/h5-7,14H,4,8,22H2,1-3H3;1H. The lowest BCUT2D eigenvalue weighted by molar-refractivity contribution is -0.187. The molecule has 146 valence electrons. The van der Waals surface area contributed by atoms with Crippen molar-refractivity contribution in [3.05, 3.63) is 33.9 Å². The average molecular weight is 414 g/mol. The Bertz CT molecular complexity index is 718. The summed E-state index contributed by atoms with van der Waals surface area (Å²) in [6.07, 6.45) is -6.05. The van der Waals surface area contributed by atoms with Gasteiger partial charge in [-0.1, -0.05) is 25.4 Å². The molecule has 0 amide bonds. The van der Waals surface area contributed by atoms with E-state index in [-0.39, 0.29) is 36.9 Å². The average Bonchev–Trinajstić information content (AvgIpc) is 2.52. The van der Waals surface area contributed by atoms with Gasteiger partial charge in [0.2, 0.25) is 6.10 Å². The van der Waals surface area contributed by atoms with Crippen LogP contribution in [0.25, 0.3) is 6.08 Å². The van der Waals surface area contributed by atoms with Crippen molar-refractivity contribution in [1.82, 2.24) is 0 Å². The summed E-state index contributed by atoms with van der Waals surface area (Å²) in [5, 5.41) is 0.336. The van der Waals surface area contributed by atoms with Crippen LogP contribution in [0.2, 0.25) is 5.02 Å². The summed E-state index contributed by atoms with van der Waals surface area (Å²) in [5.41, 5.74) is 5.42. The second-order valence-corrected chi connectivity index (χ2v) is 6.72. The Labute approximate surface area is 160 Å². The third kappa shape index (κ3) is 4.45. The molecule has 0 saturated carbocycles. The summed E-state index contributed by atoms with van der Waals surface area (Å²) in [4.78, 5) is 11.9. The summed E-state index contributed by atoms with van der Waals surface area (Å²) < 4.78 is 49.9. The quantitative estimate of drug-likeness (QED) is 0.748. The molecule has 1 heterocycles. The van der Waals surface area contributed by atoms with Gasteiger partial charge in [-0.15, -0.1) is 12.4 Å². The number of alkyl halides is 3. The number of carbonyl (C=O) groups is 1. The Hall–Kier alpha value is -1.44. The normalized spacial score (nSPS) is 16.8. The summed E-state index contributed by atoms with van der Waals surface area (Å²) in [5.74, 6) is -1.07. The number of rotatable bonds is 4. The van der Waals surface area contributed by atoms with E-state index in [1.54, 1.807) is 0 Å². The van der Waals surface area contributed by atoms with E-state index in [0.29, 0.717) is 10.6 Å². The molecule has 0 aliphatic carbocycles. The molecule has 0 fully saturated rings. The molecule has 2 rings (SSSR count). The van der Waals surface area contributed by atoms with E-state index < -0.39 is 29.2 Å². The van der Waals surface area contributed by atoms with Crippen molar-refractivity contribution in [2.45, 2.75) is 38.5 Å². The first kappa shape index (κ1) is 22.6. The van der Waals surface area contributed by atoms with E-state index in [2.05, 4.69) is 0 Å². The molecular formula is C17H20Cl2F3NO3. The Kier molecular flexibility index (Phi) is 7.01. The molecular weight excluding hydrogens is 394 g/mol. The summed E-state index contributed by atoms with van der Waals surface area (Å²) >= 11 is 6.26. The molecule has 1 aliphatic heterocycles. The molecule has 9 heteroatoms. The van der Waals surface area contributed by atoms with E-state index in [1.165, 1.54) is 19.1 Å². The number of carbonyl (C=O) groups excluding carboxylic acids is 1. The highest BCUT2D eigenvalue weighted by Gasteiger charge is 2.49. The van der Waals surface area contributed by atoms with E-state index in [1.807, 2.05) is 13.8 Å². The fourth-order valence-electron chi connectivity index (χ4n) is 2.47. The Morgan fingerprint density at radius 1 is 1.35 bits per heavy atom. The van der Waals surface area contributed by atoms with Crippen LogP contribution in [0.5, 0.6) is 5.75 Å². The highest BCUT2D eigenvalue weighted by atomic mass is 35.5. The number of benzene rings is 1. The second kappa shape index (κ2) is 8.06. The Morgan fingerprint density at radius 3 is 2.46 bits per heavy atom. The fourth-order valence-corrected chi connectivity index (χ4v) is 2.90. The molecule has 0 radical (unpaired) electrons. The van der Waals surface area contributed by atoms with Crippen molar-refractivity contribution in [2.24, 2.45) is 5.73 Å². The molecule has 1 aromatic carbocycles. The SMILES string of the molecule is CCOC(=O)C1=Cc2cc(Cl)c(C(C)(C)CN)cc2OC1C(F)(F)F.Cl. The van der Waals surface area contributed by atoms with E-state index in [4.69, 9.17) is 26.8 Å². The topological polar surface area (TPSA) is 61.5 Å². The van der Waals surface area contributed by atoms with Gasteiger partial charge in [-0.2, -0.15) is 13.2 Å². The first-order valence-corrected chi connectivity index (χ1v) is 8.05. The number of hydrogen-bond donors (Lipinski definition) is 1. The van der Waals surface area contributed by atoms with Crippen LogP contribution < -0.4 is 10.5 Å². The second-order valence-electron chi connectivity index (χ2n) is 6.32. The molecule has 0 bridgehead atoms. The first-order chi connectivity index (χ1) is 11.5. The minimum absolute atomic E-state index is 0. The van der Waals surface area contributed by atoms with Gasteiger partial charge in [-0.3, -0.25) is 0 Å². The summed E-state index contributed by atoms with van der Waals surface area (Å²) in [7, 11) is 0. The molecule has 26 heavy (non-hydrogen) atoms. The van der Waals surface area contributed by atoms with Crippen molar-refractivity contribution in [1.29, 1.82) is 0 Å². The lowest BCUT2D eigenvalue weighted by atomic mass is 9.83. The highest BCUT2D eigenvalue weighted by molar-refractivity contribution is 6.31. The van der Waals surface area contributed by atoms with Gasteiger partial charge in [-0.25, -0.2) is 4.79 Å². The lowest BCUT2D eigenvalue weighted by Crippen LogP contribution is -2.41. The molecule has 2 N–H and O–H groups in total. The molecule has 1 aliphatic rings. The van der Waals surface area contributed by atoms with Gasteiger partial charge in [-0.05, 0) is 30.7 Å². The van der Waals surface area contributed by atoms with Gasteiger partial charge >= 0.3 is 12.1 Å². The number of nitrogens with two attached hydrogens (primary N) is 1. The van der Waals surface area contributed by atoms with Crippen LogP contribution in [0.1, 0.15) is 31.9 Å². The number of ether oxygens (including phenoxy) is 2. The molecule has 1 atom stereocenters. The van der Waals surface area contributed by atoms with Crippen LogP contribution >= 0.6 is 24.0 Å². The maximum absolute atomic E-state index is 13.3. The van der Waals surface area contributed by atoms with Gasteiger partial charge in [0.05, 0.1) is 12.2 Å².